The van der Waals surface area contributed by atoms with Crippen molar-refractivity contribution < 1.29 is 28.7 Å². The van der Waals surface area contributed by atoms with Gasteiger partial charge >= 0.3 is 11.9 Å². The number of nitrogens with zero attached hydrogens (tertiary/aromatic N) is 2. The summed E-state index contributed by atoms with van der Waals surface area (Å²) in [7, 11) is 3.00. The van der Waals surface area contributed by atoms with Crippen LogP contribution < -0.4 is 9.47 Å². The van der Waals surface area contributed by atoms with Crippen LogP contribution in [-0.2, 0) is 19.2 Å². The van der Waals surface area contributed by atoms with Crippen molar-refractivity contribution in [3.8, 4) is 11.5 Å². The standard InChI is InChI=1S/C16H14N2O6S2/c1-7(19)23-9-5-6-10(24-8(2)20)13-12(9)25-16(26-13)11-14(21)17(3)18(4)15(11)22/h5-6H,1-4H3. The number of hydrogen-bond donors (Lipinski definition) is 0. The molecule has 1 aromatic carbocycles. The van der Waals surface area contributed by atoms with Crippen molar-refractivity contribution in [2.75, 3.05) is 14.1 Å². The number of thioether (sulfide) groups is 2. The van der Waals surface area contributed by atoms with E-state index in [2.05, 4.69) is 0 Å². The lowest BCUT2D eigenvalue weighted by Crippen LogP contribution is -2.33. The molecule has 0 saturated carbocycles. The van der Waals surface area contributed by atoms with Crippen LogP contribution >= 0.6 is 23.5 Å². The van der Waals surface area contributed by atoms with Crippen molar-refractivity contribution in [3.63, 3.8) is 0 Å². The SMILES string of the molecule is CC(=O)Oc1ccc(OC(C)=O)c2c1SC(=C1C(=O)N(C)N(C)C1=O)S2. The molecule has 0 aromatic heterocycles. The molecule has 0 N–H and O–H groups in total. The van der Waals surface area contributed by atoms with Gasteiger partial charge in [-0.2, -0.15) is 0 Å². The molecule has 2 aliphatic heterocycles. The van der Waals surface area contributed by atoms with E-state index in [9.17, 15) is 19.2 Å². The van der Waals surface area contributed by atoms with E-state index in [1.165, 1.54) is 50.1 Å². The Bertz CT molecular complexity index is 826. The second-order valence-electron chi connectivity index (χ2n) is 5.43. The van der Waals surface area contributed by atoms with Crippen LogP contribution in [0.3, 0.4) is 0 Å². The number of esters is 2. The molecule has 26 heavy (non-hydrogen) atoms. The van der Waals surface area contributed by atoms with E-state index in [0.29, 0.717) is 14.0 Å². The number of amides is 2. The molecule has 0 unspecified atom stereocenters. The minimum absolute atomic E-state index is 0.0313. The summed E-state index contributed by atoms with van der Waals surface area (Å²) in [6.45, 7) is 2.54. The van der Waals surface area contributed by atoms with Gasteiger partial charge in [-0.05, 0) is 12.1 Å². The summed E-state index contributed by atoms with van der Waals surface area (Å²) in [5, 5.41) is 2.43. The van der Waals surface area contributed by atoms with E-state index in [4.69, 9.17) is 9.47 Å². The number of rotatable bonds is 2. The molecule has 1 aromatic rings. The van der Waals surface area contributed by atoms with Crippen molar-refractivity contribution in [3.05, 3.63) is 21.9 Å². The molecule has 136 valence electrons. The largest absolute Gasteiger partial charge is 0.425 e. The predicted molar refractivity (Wildman–Crippen MR) is 93.3 cm³/mol. The molecule has 1 fully saturated rings. The summed E-state index contributed by atoms with van der Waals surface area (Å²) in [6.07, 6.45) is 0. The third-order valence-electron chi connectivity index (χ3n) is 3.61. The van der Waals surface area contributed by atoms with Gasteiger partial charge in [-0.15, -0.1) is 0 Å². The van der Waals surface area contributed by atoms with Crippen LogP contribution in [-0.4, -0.2) is 47.9 Å². The van der Waals surface area contributed by atoms with Crippen LogP contribution in [0.1, 0.15) is 13.8 Å². The Morgan fingerprint density at radius 3 is 1.58 bits per heavy atom. The molecule has 2 aliphatic rings. The van der Waals surface area contributed by atoms with E-state index >= 15 is 0 Å². The zero-order valence-electron chi connectivity index (χ0n) is 14.3. The smallest absolute Gasteiger partial charge is 0.308 e. The predicted octanol–water partition coefficient (Wildman–Crippen LogP) is 1.79. The maximum atomic E-state index is 12.4. The molecule has 3 rings (SSSR count). The second-order valence-corrected chi connectivity index (χ2v) is 7.73. The molecule has 10 heteroatoms. The van der Waals surface area contributed by atoms with Gasteiger partial charge in [0.25, 0.3) is 11.8 Å². The highest BCUT2D eigenvalue weighted by molar-refractivity contribution is 8.25. The average Bonchev–Trinajstić information content (AvgIpc) is 3.06. The normalized spacial score (nSPS) is 16.3. The number of hydrazine groups is 1. The first-order chi connectivity index (χ1) is 12.2. The molecule has 0 spiro atoms. The third kappa shape index (κ3) is 3.06. The minimum Gasteiger partial charge on any atom is -0.425 e. The molecule has 2 amide bonds. The van der Waals surface area contributed by atoms with Gasteiger partial charge < -0.3 is 9.47 Å². The van der Waals surface area contributed by atoms with Gasteiger partial charge in [-0.25, -0.2) is 0 Å². The van der Waals surface area contributed by atoms with Gasteiger partial charge in [0.15, 0.2) is 0 Å². The Labute approximate surface area is 157 Å². The monoisotopic (exact) mass is 394 g/mol. The lowest BCUT2D eigenvalue weighted by Gasteiger charge is -2.16. The van der Waals surface area contributed by atoms with Gasteiger partial charge in [0, 0.05) is 27.9 Å². The van der Waals surface area contributed by atoms with E-state index in [1.807, 2.05) is 0 Å². The van der Waals surface area contributed by atoms with Crippen LogP contribution in [0.25, 0.3) is 0 Å². The fourth-order valence-corrected chi connectivity index (χ4v) is 5.01. The molecule has 0 aliphatic carbocycles. The van der Waals surface area contributed by atoms with Crippen molar-refractivity contribution in [1.29, 1.82) is 0 Å². The first-order valence-electron chi connectivity index (χ1n) is 7.40. The average molecular weight is 394 g/mol. The molecular weight excluding hydrogens is 380 g/mol. The van der Waals surface area contributed by atoms with Crippen LogP contribution in [0, 0.1) is 0 Å². The summed E-state index contributed by atoms with van der Waals surface area (Å²) in [6, 6.07) is 3.02. The Balaban J connectivity index is 2.09. The van der Waals surface area contributed by atoms with Crippen LogP contribution in [0.15, 0.2) is 31.7 Å². The molecule has 0 bridgehead atoms. The molecule has 8 nitrogen and oxygen atoms in total. The lowest BCUT2D eigenvalue weighted by atomic mass is 10.3. The molecule has 1 saturated heterocycles. The van der Waals surface area contributed by atoms with Crippen molar-refractivity contribution in [2.45, 2.75) is 23.6 Å². The van der Waals surface area contributed by atoms with Crippen molar-refractivity contribution >= 4 is 47.3 Å². The second kappa shape index (κ2) is 6.69. The number of hydrogen-bond acceptors (Lipinski definition) is 8. The Kier molecular flexibility index (Phi) is 4.72. The maximum absolute atomic E-state index is 12.4. The Hall–Kier alpha value is -2.46. The van der Waals surface area contributed by atoms with Crippen molar-refractivity contribution in [1.82, 2.24) is 10.0 Å². The quantitative estimate of drug-likeness (QED) is 0.324. The number of carbonyl (C=O) groups is 4. The van der Waals surface area contributed by atoms with E-state index in [1.54, 1.807) is 0 Å². The van der Waals surface area contributed by atoms with E-state index in [0.717, 1.165) is 23.5 Å². The molecule has 0 radical (unpaired) electrons. The van der Waals surface area contributed by atoms with Gasteiger partial charge in [-0.3, -0.25) is 29.2 Å². The first-order valence-corrected chi connectivity index (χ1v) is 9.03. The van der Waals surface area contributed by atoms with E-state index < -0.39 is 23.8 Å². The number of fused-ring (bicyclic) bond motifs is 1. The number of benzene rings is 1. The Morgan fingerprint density at radius 1 is 0.846 bits per heavy atom. The molecule has 2 heterocycles. The molecule has 0 atom stereocenters. The zero-order valence-corrected chi connectivity index (χ0v) is 15.9. The first kappa shape index (κ1) is 18.3. The number of likely N-dealkylation sites (N-methyl/N-ethyl adjacent to an activating group) is 2. The highest BCUT2D eigenvalue weighted by Crippen LogP contribution is 2.59. The highest BCUT2D eigenvalue weighted by Gasteiger charge is 2.42. The van der Waals surface area contributed by atoms with Gasteiger partial charge in [-0.1, -0.05) is 23.5 Å². The fraction of sp³-hybridized carbons (Fsp3) is 0.250. The van der Waals surface area contributed by atoms with E-state index in [-0.39, 0.29) is 17.1 Å². The summed E-state index contributed by atoms with van der Waals surface area (Å²) in [4.78, 5) is 48.5. The zero-order chi connectivity index (χ0) is 19.2. The van der Waals surface area contributed by atoms with Gasteiger partial charge in [0.1, 0.15) is 17.1 Å². The van der Waals surface area contributed by atoms with Crippen LogP contribution in [0.2, 0.25) is 0 Å². The van der Waals surface area contributed by atoms with Crippen LogP contribution in [0.5, 0.6) is 11.5 Å². The topological polar surface area (TPSA) is 93.2 Å². The fourth-order valence-electron chi connectivity index (χ4n) is 2.36. The minimum atomic E-state index is -0.508. The summed E-state index contributed by atoms with van der Waals surface area (Å²) < 4.78 is 10.8. The summed E-state index contributed by atoms with van der Waals surface area (Å²) in [5.41, 5.74) is 0.0313. The summed E-state index contributed by atoms with van der Waals surface area (Å²) in [5.74, 6) is -1.32. The number of carbonyl (C=O) groups excluding carboxylic acids is 4. The van der Waals surface area contributed by atoms with Gasteiger partial charge in [0.2, 0.25) is 0 Å². The van der Waals surface area contributed by atoms with Crippen LogP contribution in [0.4, 0.5) is 0 Å². The summed E-state index contributed by atoms with van der Waals surface area (Å²) >= 11 is 2.27. The maximum Gasteiger partial charge on any atom is 0.308 e. The van der Waals surface area contributed by atoms with Crippen molar-refractivity contribution in [2.24, 2.45) is 0 Å². The third-order valence-corrected chi connectivity index (χ3v) is 6.23. The highest BCUT2D eigenvalue weighted by atomic mass is 32.2. The lowest BCUT2D eigenvalue weighted by molar-refractivity contribution is -0.141. The molecular formula is C16H14N2O6S2. The van der Waals surface area contributed by atoms with Gasteiger partial charge in [0.05, 0.1) is 14.0 Å². The number of ether oxygens (including phenoxy) is 2. The Morgan fingerprint density at radius 2 is 1.23 bits per heavy atom.